The van der Waals surface area contributed by atoms with Gasteiger partial charge in [0.05, 0.1) is 29.7 Å². The van der Waals surface area contributed by atoms with Crippen LogP contribution in [0.3, 0.4) is 0 Å². The lowest BCUT2D eigenvalue weighted by molar-refractivity contribution is -0.115. The van der Waals surface area contributed by atoms with Gasteiger partial charge in [0.25, 0.3) is 0 Å². The van der Waals surface area contributed by atoms with Crippen LogP contribution < -0.4 is 5.32 Å². The molecular formula is C15H17N3O3S3. The lowest BCUT2D eigenvalue weighted by atomic mass is 10.2. The zero-order chi connectivity index (χ0) is 16.7. The monoisotopic (exact) mass is 383 g/mol. The number of carbonyl (C=O) groups is 1. The van der Waals surface area contributed by atoms with E-state index in [9.17, 15) is 13.2 Å². The summed E-state index contributed by atoms with van der Waals surface area (Å²) in [6.07, 6.45) is 0.886. The van der Waals surface area contributed by atoms with Crippen LogP contribution in [0.5, 0.6) is 0 Å². The number of fused-ring (bicyclic) bond motifs is 1. The number of rotatable bonds is 4. The van der Waals surface area contributed by atoms with Crippen molar-refractivity contribution in [2.75, 3.05) is 16.8 Å². The van der Waals surface area contributed by atoms with E-state index in [1.165, 1.54) is 0 Å². The first-order valence-electron chi connectivity index (χ1n) is 7.72. The quantitative estimate of drug-likeness (QED) is 0.876. The number of nitrogens with one attached hydrogen (secondary N) is 1. The van der Waals surface area contributed by atoms with E-state index in [0.717, 1.165) is 27.6 Å². The first-order chi connectivity index (χ1) is 11.5. The Kier molecular flexibility index (Phi) is 4.17. The molecule has 0 radical (unpaired) electrons. The number of anilines is 1. The first-order valence-corrected chi connectivity index (χ1v) is 11.6. The number of thioether (sulfide) groups is 1. The number of aromatic nitrogens is 2. The second kappa shape index (κ2) is 6.20. The van der Waals surface area contributed by atoms with Crippen molar-refractivity contribution in [2.45, 2.75) is 30.4 Å². The van der Waals surface area contributed by atoms with E-state index in [1.54, 1.807) is 27.8 Å². The van der Waals surface area contributed by atoms with Crippen molar-refractivity contribution in [1.82, 2.24) is 9.78 Å². The second-order valence-electron chi connectivity index (χ2n) is 6.07. The fourth-order valence-corrected chi connectivity index (χ4v) is 6.58. The molecule has 1 atom stereocenters. The largest absolute Gasteiger partial charge is 0.310 e. The molecule has 0 saturated carbocycles. The van der Waals surface area contributed by atoms with Gasteiger partial charge in [0.15, 0.2) is 9.84 Å². The van der Waals surface area contributed by atoms with Crippen molar-refractivity contribution < 1.29 is 13.2 Å². The zero-order valence-corrected chi connectivity index (χ0v) is 15.3. The summed E-state index contributed by atoms with van der Waals surface area (Å²) in [5.74, 6) is 2.53. The van der Waals surface area contributed by atoms with Gasteiger partial charge in [-0.05, 0) is 17.9 Å². The Labute approximate surface area is 148 Å². The van der Waals surface area contributed by atoms with E-state index in [0.29, 0.717) is 18.7 Å². The number of hydrogen-bond acceptors (Lipinski definition) is 6. The molecule has 24 heavy (non-hydrogen) atoms. The summed E-state index contributed by atoms with van der Waals surface area (Å²) in [6.45, 7) is 0. The Hall–Kier alpha value is -1.32. The highest BCUT2D eigenvalue weighted by atomic mass is 32.2. The number of amides is 1. The van der Waals surface area contributed by atoms with Crippen LogP contribution in [-0.4, -0.2) is 35.6 Å². The van der Waals surface area contributed by atoms with Gasteiger partial charge in [-0.1, -0.05) is 6.07 Å². The SMILES string of the molecule is O=C(Cc1cccs1)Nc1c2c(nn1C1CCS(=O)(=O)C1)CSC2. The third-order valence-corrected chi connectivity index (χ3v) is 7.90. The highest BCUT2D eigenvalue weighted by Crippen LogP contribution is 2.38. The molecule has 128 valence electrons. The van der Waals surface area contributed by atoms with Crippen LogP contribution in [-0.2, 0) is 32.6 Å². The van der Waals surface area contributed by atoms with Crippen LogP contribution in [0.25, 0.3) is 0 Å². The van der Waals surface area contributed by atoms with Gasteiger partial charge >= 0.3 is 0 Å². The minimum Gasteiger partial charge on any atom is -0.310 e. The minimum absolute atomic E-state index is 0.0841. The fourth-order valence-electron chi connectivity index (χ4n) is 3.15. The molecule has 0 spiro atoms. The molecule has 2 aromatic heterocycles. The van der Waals surface area contributed by atoms with Crippen molar-refractivity contribution >= 4 is 44.7 Å². The molecular weight excluding hydrogens is 366 g/mol. The summed E-state index contributed by atoms with van der Waals surface area (Å²) < 4.78 is 25.4. The van der Waals surface area contributed by atoms with Crippen LogP contribution in [0.1, 0.15) is 28.6 Å². The molecule has 9 heteroatoms. The Morgan fingerprint density at radius 2 is 2.29 bits per heavy atom. The number of carbonyl (C=O) groups excluding carboxylic acids is 1. The molecule has 2 aliphatic rings. The molecule has 2 aromatic rings. The molecule has 4 rings (SSSR count). The third-order valence-electron chi connectivity index (χ3n) is 4.30. The molecule has 0 bridgehead atoms. The molecule has 1 amide bonds. The summed E-state index contributed by atoms with van der Waals surface area (Å²) in [5.41, 5.74) is 2.01. The maximum Gasteiger partial charge on any atom is 0.230 e. The molecule has 1 unspecified atom stereocenters. The maximum absolute atomic E-state index is 12.4. The summed E-state index contributed by atoms with van der Waals surface area (Å²) in [6, 6.07) is 3.68. The smallest absolute Gasteiger partial charge is 0.230 e. The van der Waals surface area contributed by atoms with Gasteiger partial charge in [-0.3, -0.25) is 4.79 Å². The predicted molar refractivity (Wildman–Crippen MR) is 96.2 cm³/mol. The number of sulfone groups is 1. The van der Waals surface area contributed by atoms with Gasteiger partial charge in [-0.25, -0.2) is 13.1 Å². The van der Waals surface area contributed by atoms with Crippen LogP contribution in [0.15, 0.2) is 17.5 Å². The Morgan fingerprint density at radius 1 is 1.42 bits per heavy atom. The Bertz CT molecular complexity index is 871. The van der Waals surface area contributed by atoms with E-state index < -0.39 is 9.84 Å². The zero-order valence-electron chi connectivity index (χ0n) is 12.9. The van der Waals surface area contributed by atoms with Crippen LogP contribution in [0, 0.1) is 0 Å². The lowest BCUT2D eigenvalue weighted by Crippen LogP contribution is -2.21. The average molecular weight is 384 g/mol. The van der Waals surface area contributed by atoms with Gasteiger partial charge in [-0.15, -0.1) is 11.3 Å². The van der Waals surface area contributed by atoms with Gasteiger partial charge in [0, 0.05) is 21.9 Å². The molecule has 2 aliphatic heterocycles. The van der Waals surface area contributed by atoms with E-state index in [1.807, 2.05) is 17.5 Å². The van der Waals surface area contributed by atoms with Gasteiger partial charge in [0.1, 0.15) is 5.82 Å². The standard InChI is InChI=1S/C15H17N3O3S3/c19-14(6-11-2-1-4-23-11)16-15-12-7-22-8-13(12)17-18(15)10-3-5-24(20,21)9-10/h1-2,4,10H,3,5-9H2,(H,16,19). The van der Waals surface area contributed by atoms with Gasteiger partial charge in [-0.2, -0.15) is 16.9 Å². The summed E-state index contributed by atoms with van der Waals surface area (Å²) in [7, 11) is -3.00. The normalized spacial score (nSPS) is 21.8. The highest BCUT2D eigenvalue weighted by Gasteiger charge is 2.34. The van der Waals surface area contributed by atoms with Crippen molar-refractivity contribution in [3.63, 3.8) is 0 Å². The predicted octanol–water partition coefficient (Wildman–Crippen LogP) is 2.23. The van der Waals surface area contributed by atoms with E-state index in [-0.39, 0.29) is 23.5 Å². The number of nitrogens with zero attached hydrogens (tertiary/aromatic N) is 2. The minimum atomic E-state index is -3.00. The average Bonchev–Trinajstić information content (AvgIpc) is 3.25. The molecule has 6 nitrogen and oxygen atoms in total. The van der Waals surface area contributed by atoms with E-state index in [2.05, 4.69) is 10.4 Å². The van der Waals surface area contributed by atoms with Crippen molar-refractivity contribution in [2.24, 2.45) is 0 Å². The molecule has 1 saturated heterocycles. The molecule has 1 N–H and O–H groups in total. The molecule has 4 heterocycles. The fraction of sp³-hybridized carbons (Fsp3) is 0.467. The first kappa shape index (κ1) is 16.2. The Morgan fingerprint density at radius 3 is 3.00 bits per heavy atom. The second-order valence-corrected chi connectivity index (χ2v) is 10.3. The molecule has 0 aliphatic carbocycles. The van der Waals surface area contributed by atoms with E-state index in [4.69, 9.17) is 0 Å². The Balaban J connectivity index is 1.60. The van der Waals surface area contributed by atoms with Crippen LogP contribution in [0.4, 0.5) is 5.82 Å². The number of thiophene rings is 1. The van der Waals surface area contributed by atoms with Gasteiger partial charge < -0.3 is 5.32 Å². The summed E-state index contributed by atoms with van der Waals surface area (Å²) in [5, 5.41) is 9.55. The van der Waals surface area contributed by atoms with Crippen molar-refractivity contribution in [1.29, 1.82) is 0 Å². The number of hydrogen-bond donors (Lipinski definition) is 1. The van der Waals surface area contributed by atoms with Crippen LogP contribution in [0.2, 0.25) is 0 Å². The van der Waals surface area contributed by atoms with E-state index >= 15 is 0 Å². The van der Waals surface area contributed by atoms with Crippen molar-refractivity contribution in [3.05, 3.63) is 33.6 Å². The maximum atomic E-state index is 12.4. The lowest BCUT2D eigenvalue weighted by Gasteiger charge is -2.15. The summed E-state index contributed by atoms with van der Waals surface area (Å²) in [4.78, 5) is 13.4. The molecule has 0 aromatic carbocycles. The van der Waals surface area contributed by atoms with Crippen LogP contribution >= 0.6 is 23.1 Å². The molecule has 1 fully saturated rings. The van der Waals surface area contributed by atoms with Gasteiger partial charge in [0.2, 0.25) is 5.91 Å². The highest BCUT2D eigenvalue weighted by molar-refractivity contribution is 7.98. The summed E-state index contributed by atoms with van der Waals surface area (Å²) >= 11 is 3.32. The topological polar surface area (TPSA) is 81.1 Å². The third kappa shape index (κ3) is 3.12. The van der Waals surface area contributed by atoms with Crippen molar-refractivity contribution in [3.8, 4) is 0 Å².